The highest BCUT2D eigenvalue weighted by Gasteiger charge is 2.08. The zero-order chi connectivity index (χ0) is 13.0. The van der Waals surface area contributed by atoms with Gasteiger partial charge in [0.25, 0.3) is 0 Å². The number of hydrogen-bond donors (Lipinski definition) is 0. The highest BCUT2D eigenvalue weighted by atomic mass is 16.1. The Bertz CT molecular complexity index is 546. The minimum absolute atomic E-state index is 0.0177. The highest BCUT2D eigenvalue weighted by Crippen LogP contribution is 2.15. The highest BCUT2D eigenvalue weighted by molar-refractivity contribution is 6.09. The molecule has 2 rings (SSSR count). The second-order valence-electron chi connectivity index (χ2n) is 3.96. The lowest BCUT2D eigenvalue weighted by Crippen LogP contribution is -2.13. The summed E-state index contributed by atoms with van der Waals surface area (Å²) in [6.45, 7) is 0. The lowest BCUT2D eigenvalue weighted by Gasteiger charge is -2.10. The summed E-state index contributed by atoms with van der Waals surface area (Å²) >= 11 is 0. The van der Waals surface area contributed by atoms with E-state index in [0.29, 0.717) is 11.1 Å². The standard InChI is InChI=1S/C15H13NO2/c1-16(11-17)14-9-7-13(8-10-14)15(18)12-5-3-2-4-6-12/h2-11H,1H3. The van der Waals surface area contributed by atoms with Gasteiger partial charge in [-0.1, -0.05) is 30.3 Å². The Balaban J connectivity index is 2.25. The summed E-state index contributed by atoms with van der Waals surface area (Å²) in [5, 5.41) is 0. The van der Waals surface area contributed by atoms with Crippen LogP contribution in [0.25, 0.3) is 0 Å². The predicted molar refractivity (Wildman–Crippen MR) is 70.8 cm³/mol. The molecule has 0 aromatic heterocycles. The summed E-state index contributed by atoms with van der Waals surface area (Å²) in [6.07, 6.45) is 0.730. The lowest BCUT2D eigenvalue weighted by molar-refractivity contribution is -0.107. The van der Waals surface area contributed by atoms with Crippen molar-refractivity contribution in [3.05, 3.63) is 65.7 Å². The van der Waals surface area contributed by atoms with Gasteiger partial charge in [-0.05, 0) is 24.3 Å². The number of anilines is 1. The minimum Gasteiger partial charge on any atom is -0.318 e. The van der Waals surface area contributed by atoms with Gasteiger partial charge in [-0.15, -0.1) is 0 Å². The van der Waals surface area contributed by atoms with E-state index in [4.69, 9.17) is 0 Å². The summed E-state index contributed by atoms with van der Waals surface area (Å²) in [7, 11) is 1.67. The van der Waals surface area contributed by atoms with E-state index in [1.54, 1.807) is 43.4 Å². The Labute approximate surface area is 106 Å². The fourth-order valence-electron chi connectivity index (χ4n) is 1.66. The van der Waals surface area contributed by atoms with Gasteiger partial charge in [0.15, 0.2) is 5.78 Å². The van der Waals surface area contributed by atoms with Crippen molar-refractivity contribution in [2.24, 2.45) is 0 Å². The summed E-state index contributed by atoms with van der Waals surface area (Å²) in [5.41, 5.74) is 2.04. The molecule has 3 heteroatoms. The van der Waals surface area contributed by atoms with E-state index in [0.717, 1.165) is 12.1 Å². The minimum atomic E-state index is -0.0177. The first-order valence-electron chi connectivity index (χ1n) is 5.60. The first-order chi connectivity index (χ1) is 8.72. The third-order valence-corrected chi connectivity index (χ3v) is 2.73. The van der Waals surface area contributed by atoms with Crippen molar-refractivity contribution in [1.29, 1.82) is 0 Å². The molecule has 3 nitrogen and oxygen atoms in total. The summed E-state index contributed by atoms with van der Waals surface area (Å²) in [6, 6.07) is 16.1. The molecule has 90 valence electrons. The monoisotopic (exact) mass is 239 g/mol. The number of benzene rings is 2. The van der Waals surface area contributed by atoms with Crippen LogP contribution in [-0.4, -0.2) is 19.2 Å². The van der Waals surface area contributed by atoms with E-state index in [1.807, 2.05) is 18.2 Å². The van der Waals surface area contributed by atoms with Crippen LogP contribution in [0.3, 0.4) is 0 Å². The van der Waals surface area contributed by atoms with Crippen LogP contribution < -0.4 is 4.90 Å². The molecule has 0 saturated heterocycles. The van der Waals surface area contributed by atoms with Gasteiger partial charge in [0.1, 0.15) is 0 Å². The van der Waals surface area contributed by atoms with Crippen LogP contribution in [0, 0.1) is 0 Å². The first kappa shape index (κ1) is 12.0. The zero-order valence-electron chi connectivity index (χ0n) is 10.0. The maximum Gasteiger partial charge on any atom is 0.213 e. The number of nitrogens with zero attached hydrogens (tertiary/aromatic N) is 1. The number of hydrogen-bond acceptors (Lipinski definition) is 2. The van der Waals surface area contributed by atoms with Crippen molar-refractivity contribution in [2.75, 3.05) is 11.9 Å². The maximum atomic E-state index is 12.1. The summed E-state index contributed by atoms with van der Waals surface area (Å²) < 4.78 is 0. The molecule has 2 aromatic carbocycles. The van der Waals surface area contributed by atoms with Gasteiger partial charge >= 0.3 is 0 Å². The number of ketones is 1. The topological polar surface area (TPSA) is 37.4 Å². The number of amides is 1. The predicted octanol–water partition coefficient (Wildman–Crippen LogP) is 2.51. The third-order valence-electron chi connectivity index (χ3n) is 2.73. The Hall–Kier alpha value is -2.42. The molecule has 18 heavy (non-hydrogen) atoms. The van der Waals surface area contributed by atoms with Crippen molar-refractivity contribution in [3.63, 3.8) is 0 Å². The van der Waals surface area contributed by atoms with Crippen molar-refractivity contribution in [3.8, 4) is 0 Å². The van der Waals surface area contributed by atoms with Crippen LogP contribution in [0.1, 0.15) is 15.9 Å². The van der Waals surface area contributed by atoms with E-state index >= 15 is 0 Å². The fourth-order valence-corrected chi connectivity index (χ4v) is 1.66. The molecule has 0 aliphatic heterocycles. The SMILES string of the molecule is CN(C=O)c1ccc(C(=O)c2ccccc2)cc1. The number of rotatable bonds is 4. The Kier molecular flexibility index (Phi) is 3.53. The average molecular weight is 239 g/mol. The fraction of sp³-hybridized carbons (Fsp3) is 0.0667. The van der Waals surface area contributed by atoms with Crippen molar-refractivity contribution in [2.45, 2.75) is 0 Å². The van der Waals surface area contributed by atoms with Gasteiger partial charge in [0, 0.05) is 23.9 Å². The van der Waals surface area contributed by atoms with Crippen molar-refractivity contribution < 1.29 is 9.59 Å². The van der Waals surface area contributed by atoms with Crippen LogP contribution >= 0.6 is 0 Å². The zero-order valence-corrected chi connectivity index (χ0v) is 10.0. The Morgan fingerprint density at radius 1 is 0.944 bits per heavy atom. The number of carbonyl (C=O) groups is 2. The van der Waals surface area contributed by atoms with Crippen LogP contribution in [0.15, 0.2) is 54.6 Å². The molecule has 0 unspecified atom stereocenters. The molecule has 0 aliphatic rings. The average Bonchev–Trinajstić information content (AvgIpc) is 2.47. The summed E-state index contributed by atoms with van der Waals surface area (Å²) in [4.78, 5) is 24.2. The van der Waals surface area contributed by atoms with E-state index in [2.05, 4.69) is 0 Å². The van der Waals surface area contributed by atoms with Gasteiger partial charge in [-0.25, -0.2) is 0 Å². The van der Waals surface area contributed by atoms with Crippen LogP contribution in [0.4, 0.5) is 5.69 Å². The second-order valence-corrected chi connectivity index (χ2v) is 3.96. The second kappa shape index (κ2) is 5.27. The van der Waals surface area contributed by atoms with Crippen LogP contribution in [-0.2, 0) is 4.79 Å². The molecule has 0 heterocycles. The molecular formula is C15H13NO2. The van der Waals surface area contributed by atoms with Crippen LogP contribution in [0.2, 0.25) is 0 Å². The van der Waals surface area contributed by atoms with Gasteiger partial charge in [-0.3, -0.25) is 9.59 Å². The summed E-state index contributed by atoms with van der Waals surface area (Å²) in [5.74, 6) is -0.0177. The van der Waals surface area contributed by atoms with Gasteiger partial charge in [0.2, 0.25) is 6.41 Å². The quantitative estimate of drug-likeness (QED) is 0.607. The Morgan fingerprint density at radius 3 is 2.06 bits per heavy atom. The van der Waals surface area contributed by atoms with Crippen molar-refractivity contribution >= 4 is 17.9 Å². The van der Waals surface area contributed by atoms with Gasteiger partial charge < -0.3 is 4.90 Å². The van der Waals surface area contributed by atoms with E-state index in [1.165, 1.54) is 4.90 Å². The molecule has 1 amide bonds. The first-order valence-corrected chi connectivity index (χ1v) is 5.60. The van der Waals surface area contributed by atoms with Crippen molar-refractivity contribution in [1.82, 2.24) is 0 Å². The smallest absolute Gasteiger partial charge is 0.213 e. The van der Waals surface area contributed by atoms with E-state index in [-0.39, 0.29) is 5.78 Å². The molecule has 0 aliphatic carbocycles. The maximum absolute atomic E-state index is 12.1. The molecular weight excluding hydrogens is 226 g/mol. The van der Waals surface area contributed by atoms with Gasteiger partial charge in [-0.2, -0.15) is 0 Å². The molecule has 0 N–H and O–H groups in total. The molecule has 2 aromatic rings. The molecule has 0 saturated carbocycles. The molecule has 0 fully saturated rings. The van der Waals surface area contributed by atoms with E-state index < -0.39 is 0 Å². The largest absolute Gasteiger partial charge is 0.318 e. The lowest BCUT2D eigenvalue weighted by atomic mass is 10.0. The molecule has 0 bridgehead atoms. The Morgan fingerprint density at radius 2 is 1.50 bits per heavy atom. The molecule has 0 spiro atoms. The molecule has 0 atom stereocenters. The normalized spacial score (nSPS) is 9.83. The number of carbonyl (C=O) groups excluding carboxylic acids is 2. The van der Waals surface area contributed by atoms with Gasteiger partial charge in [0.05, 0.1) is 0 Å². The van der Waals surface area contributed by atoms with E-state index in [9.17, 15) is 9.59 Å². The third kappa shape index (κ3) is 2.46. The van der Waals surface area contributed by atoms with Crippen LogP contribution in [0.5, 0.6) is 0 Å². The molecule has 0 radical (unpaired) electrons.